The van der Waals surface area contributed by atoms with Crippen molar-refractivity contribution in [3.05, 3.63) is 48.4 Å². The van der Waals surface area contributed by atoms with Gasteiger partial charge in [-0.2, -0.15) is 4.31 Å². The van der Waals surface area contributed by atoms with E-state index in [0.717, 1.165) is 50.8 Å². The van der Waals surface area contributed by atoms with Gasteiger partial charge in [0.25, 0.3) is 0 Å². The molecule has 1 aromatic carbocycles. The molecule has 0 radical (unpaired) electrons. The van der Waals surface area contributed by atoms with Crippen LogP contribution in [-0.2, 0) is 10.0 Å². The average Bonchev–Trinajstić information content (AvgIpc) is 2.75. The number of piperazine rings is 2. The summed E-state index contributed by atoms with van der Waals surface area (Å²) in [5.41, 5.74) is 1.01. The Balaban J connectivity index is 1.39. The van der Waals surface area contributed by atoms with E-state index in [2.05, 4.69) is 19.7 Å². The zero-order valence-corrected chi connectivity index (χ0v) is 17.4. The summed E-state index contributed by atoms with van der Waals surface area (Å²) in [5, 5.41) is 0. The lowest BCUT2D eigenvalue weighted by Gasteiger charge is -2.36. The van der Waals surface area contributed by atoms with Gasteiger partial charge in [0.2, 0.25) is 10.0 Å². The highest BCUT2D eigenvalue weighted by Gasteiger charge is 2.28. The molecular weight excluding hydrogens is 393 g/mol. The Morgan fingerprint density at radius 3 is 2.03 bits per heavy atom. The number of pyridine rings is 1. The van der Waals surface area contributed by atoms with Gasteiger partial charge in [-0.1, -0.05) is 0 Å². The maximum Gasteiger partial charge on any atom is 0.244 e. The summed E-state index contributed by atoms with van der Waals surface area (Å²) in [4.78, 5) is 11.2. The van der Waals surface area contributed by atoms with Gasteiger partial charge in [-0.15, -0.1) is 0 Å². The molecule has 0 unspecified atom stereocenters. The third-order valence-corrected chi connectivity index (χ3v) is 7.50. The third kappa shape index (κ3) is 4.36. The van der Waals surface area contributed by atoms with Crippen LogP contribution >= 0.6 is 0 Å². The van der Waals surface area contributed by atoms with Crippen molar-refractivity contribution in [2.45, 2.75) is 4.90 Å². The standard InChI is InChI=1S/C20H26FN5O2S/c1-23-8-14-26(15-9-23)29(27,28)19-6-7-20(22-16-19)25-12-10-24(11-13-25)18-4-2-17(21)3-5-18/h2-7,16H,8-15H2,1H3. The van der Waals surface area contributed by atoms with Crippen LogP contribution in [0.1, 0.15) is 0 Å². The first-order valence-electron chi connectivity index (χ1n) is 9.84. The molecule has 0 amide bonds. The summed E-state index contributed by atoms with van der Waals surface area (Å²) >= 11 is 0. The number of benzene rings is 1. The predicted octanol–water partition coefficient (Wildman–Crippen LogP) is 1.48. The number of hydrogen-bond donors (Lipinski definition) is 0. The number of nitrogens with zero attached hydrogens (tertiary/aromatic N) is 5. The van der Waals surface area contributed by atoms with Crippen LogP contribution in [0.5, 0.6) is 0 Å². The van der Waals surface area contributed by atoms with E-state index in [1.165, 1.54) is 22.6 Å². The molecule has 156 valence electrons. The summed E-state index contributed by atoms with van der Waals surface area (Å²) in [6.45, 7) is 5.64. The largest absolute Gasteiger partial charge is 0.368 e. The highest BCUT2D eigenvalue weighted by atomic mass is 32.2. The van der Waals surface area contributed by atoms with E-state index in [1.807, 2.05) is 7.05 Å². The number of aromatic nitrogens is 1. The summed E-state index contributed by atoms with van der Waals surface area (Å²) in [6, 6.07) is 9.98. The topological polar surface area (TPSA) is 60.0 Å². The normalized spacial score (nSPS) is 19.5. The molecule has 2 aliphatic heterocycles. The van der Waals surface area contributed by atoms with Gasteiger partial charge in [0.05, 0.1) is 0 Å². The zero-order valence-electron chi connectivity index (χ0n) is 16.5. The monoisotopic (exact) mass is 419 g/mol. The molecule has 2 fully saturated rings. The van der Waals surface area contributed by atoms with Crippen LogP contribution in [0, 0.1) is 5.82 Å². The third-order valence-electron chi connectivity index (χ3n) is 5.62. The van der Waals surface area contributed by atoms with E-state index in [0.29, 0.717) is 13.1 Å². The number of likely N-dealkylation sites (N-methyl/N-ethyl adjacent to an activating group) is 1. The van der Waals surface area contributed by atoms with Crippen LogP contribution in [0.4, 0.5) is 15.9 Å². The molecule has 9 heteroatoms. The molecule has 2 saturated heterocycles. The maximum atomic E-state index is 13.1. The van der Waals surface area contributed by atoms with E-state index in [1.54, 1.807) is 24.3 Å². The Morgan fingerprint density at radius 1 is 0.828 bits per heavy atom. The second-order valence-corrected chi connectivity index (χ2v) is 9.45. The van der Waals surface area contributed by atoms with E-state index >= 15 is 0 Å². The summed E-state index contributed by atoms with van der Waals surface area (Å²) in [6.07, 6.45) is 1.47. The molecule has 1 aromatic heterocycles. The van der Waals surface area contributed by atoms with Gasteiger partial charge in [-0.25, -0.2) is 17.8 Å². The second-order valence-electron chi connectivity index (χ2n) is 7.51. The van der Waals surface area contributed by atoms with E-state index in [9.17, 15) is 12.8 Å². The molecule has 7 nitrogen and oxygen atoms in total. The van der Waals surface area contributed by atoms with Gasteiger partial charge >= 0.3 is 0 Å². The van der Waals surface area contributed by atoms with E-state index in [-0.39, 0.29) is 10.7 Å². The molecule has 0 aliphatic carbocycles. The summed E-state index contributed by atoms with van der Waals surface area (Å²) < 4.78 is 40.3. The first-order chi connectivity index (χ1) is 13.9. The summed E-state index contributed by atoms with van der Waals surface area (Å²) in [7, 11) is -1.50. The fourth-order valence-electron chi connectivity index (χ4n) is 3.74. The molecule has 0 atom stereocenters. The highest BCUT2D eigenvalue weighted by Crippen LogP contribution is 2.22. The first-order valence-corrected chi connectivity index (χ1v) is 11.3. The molecular formula is C20H26FN5O2S. The van der Waals surface area contributed by atoms with Crippen molar-refractivity contribution < 1.29 is 12.8 Å². The molecule has 0 spiro atoms. The Labute approximate surface area is 171 Å². The minimum absolute atomic E-state index is 0.233. The Morgan fingerprint density at radius 2 is 1.45 bits per heavy atom. The van der Waals surface area contributed by atoms with Gasteiger partial charge in [-0.3, -0.25) is 0 Å². The second kappa shape index (κ2) is 8.25. The number of anilines is 2. The quantitative estimate of drug-likeness (QED) is 0.748. The Hall–Kier alpha value is -2.23. The molecule has 2 aromatic rings. The van der Waals surface area contributed by atoms with E-state index < -0.39 is 10.0 Å². The van der Waals surface area contributed by atoms with Crippen LogP contribution in [-0.4, -0.2) is 82.0 Å². The van der Waals surface area contributed by atoms with Crippen molar-refractivity contribution in [1.29, 1.82) is 0 Å². The molecule has 2 aliphatic rings. The van der Waals surface area contributed by atoms with Gasteiger partial charge < -0.3 is 14.7 Å². The number of sulfonamides is 1. The van der Waals surface area contributed by atoms with E-state index in [4.69, 9.17) is 0 Å². The van der Waals surface area contributed by atoms with Gasteiger partial charge in [0.15, 0.2) is 0 Å². The average molecular weight is 420 g/mol. The van der Waals surface area contributed by atoms with Crippen molar-refractivity contribution in [2.24, 2.45) is 0 Å². The van der Waals surface area contributed by atoms with Crippen LogP contribution in [0.3, 0.4) is 0 Å². The Kier molecular flexibility index (Phi) is 5.71. The van der Waals surface area contributed by atoms with Crippen LogP contribution in [0.25, 0.3) is 0 Å². The summed E-state index contributed by atoms with van der Waals surface area (Å²) in [5.74, 6) is 0.546. The molecule has 0 N–H and O–H groups in total. The fourth-order valence-corrected chi connectivity index (χ4v) is 5.10. The molecule has 4 rings (SSSR count). The number of rotatable bonds is 4. The van der Waals surface area contributed by atoms with Gasteiger partial charge in [-0.05, 0) is 43.4 Å². The lowest BCUT2D eigenvalue weighted by Crippen LogP contribution is -2.47. The molecule has 0 bridgehead atoms. The van der Waals surface area contributed by atoms with Crippen LogP contribution in [0.2, 0.25) is 0 Å². The van der Waals surface area contributed by atoms with Crippen LogP contribution in [0.15, 0.2) is 47.5 Å². The number of hydrogen-bond acceptors (Lipinski definition) is 6. The van der Waals surface area contributed by atoms with Gasteiger partial charge in [0, 0.05) is 64.2 Å². The Bertz CT molecular complexity index is 920. The SMILES string of the molecule is CN1CCN(S(=O)(=O)c2ccc(N3CCN(c4ccc(F)cc4)CC3)nc2)CC1. The van der Waals surface area contributed by atoms with Crippen molar-refractivity contribution in [1.82, 2.24) is 14.2 Å². The van der Waals surface area contributed by atoms with Gasteiger partial charge in [0.1, 0.15) is 16.5 Å². The first kappa shape index (κ1) is 20.1. The van der Waals surface area contributed by atoms with Crippen molar-refractivity contribution in [3.63, 3.8) is 0 Å². The highest BCUT2D eigenvalue weighted by molar-refractivity contribution is 7.89. The molecule has 0 saturated carbocycles. The lowest BCUT2D eigenvalue weighted by molar-refractivity contribution is 0.222. The lowest BCUT2D eigenvalue weighted by atomic mass is 10.2. The maximum absolute atomic E-state index is 13.1. The predicted molar refractivity (Wildman–Crippen MR) is 111 cm³/mol. The smallest absolute Gasteiger partial charge is 0.244 e. The van der Waals surface area contributed by atoms with Crippen molar-refractivity contribution in [2.75, 3.05) is 69.2 Å². The minimum atomic E-state index is -3.49. The van der Waals surface area contributed by atoms with Crippen molar-refractivity contribution >= 4 is 21.5 Å². The van der Waals surface area contributed by atoms with Crippen molar-refractivity contribution in [3.8, 4) is 0 Å². The molecule has 29 heavy (non-hydrogen) atoms. The fraction of sp³-hybridized carbons (Fsp3) is 0.450. The zero-order chi connectivity index (χ0) is 20.4. The molecule has 3 heterocycles. The minimum Gasteiger partial charge on any atom is -0.368 e. The number of halogens is 1. The van der Waals surface area contributed by atoms with Crippen LogP contribution < -0.4 is 9.80 Å².